The highest BCUT2D eigenvalue weighted by molar-refractivity contribution is 5.80. The molecule has 0 aliphatic carbocycles. The van der Waals surface area contributed by atoms with Crippen LogP contribution in [0.15, 0.2) is 24.3 Å². The molecule has 0 spiro atoms. The van der Waals surface area contributed by atoms with Crippen molar-refractivity contribution in [1.29, 1.82) is 0 Å². The van der Waals surface area contributed by atoms with E-state index in [9.17, 15) is 9.59 Å². The van der Waals surface area contributed by atoms with Crippen LogP contribution in [0.3, 0.4) is 0 Å². The summed E-state index contributed by atoms with van der Waals surface area (Å²) in [6, 6.07) is 7.65. The summed E-state index contributed by atoms with van der Waals surface area (Å²) in [5, 5.41) is 0. The second kappa shape index (κ2) is 7.82. The third-order valence-electron chi connectivity index (χ3n) is 3.88. The van der Waals surface area contributed by atoms with Gasteiger partial charge in [0.1, 0.15) is 5.75 Å². The number of hydrogen-bond donors (Lipinski definition) is 0. The summed E-state index contributed by atoms with van der Waals surface area (Å²) in [5.74, 6) is 1.11. The zero-order chi connectivity index (χ0) is 15.9. The van der Waals surface area contributed by atoms with Gasteiger partial charge in [0.25, 0.3) is 0 Å². The smallest absolute Gasteiger partial charge is 0.227 e. The van der Waals surface area contributed by atoms with Crippen molar-refractivity contribution in [3.63, 3.8) is 0 Å². The molecule has 5 nitrogen and oxygen atoms in total. The molecule has 0 aromatic heterocycles. The molecule has 1 aliphatic heterocycles. The van der Waals surface area contributed by atoms with Crippen LogP contribution in [0.5, 0.6) is 5.75 Å². The van der Waals surface area contributed by atoms with Crippen LogP contribution in [0.1, 0.15) is 25.8 Å². The number of carbonyl (C=O) groups is 2. The lowest BCUT2D eigenvalue weighted by Gasteiger charge is -2.34. The third kappa shape index (κ3) is 4.23. The Morgan fingerprint density at radius 3 is 2.00 bits per heavy atom. The number of carbonyl (C=O) groups excluding carboxylic acids is 2. The Bertz CT molecular complexity index is 505. The first-order valence-electron chi connectivity index (χ1n) is 7.91. The van der Waals surface area contributed by atoms with Crippen molar-refractivity contribution in [1.82, 2.24) is 9.80 Å². The monoisotopic (exact) mass is 304 g/mol. The van der Waals surface area contributed by atoms with Crippen molar-refractivity contribution in [3.05, 3.63) is 29.8 Å². The van der Waals surface area contributed by atoms with Gasteiger partial charge in [0.05, 0.1) is 13.0 Å². The summed E-state index contributed by atoms with van der Waals surface area (Å²) in [6.45, 7) is 6.98. The van der Waals surface area contributed by atoms with E-state index in [0.29, 0.717) is 45.6 Å². The number of benzene rings is 1. The van der Waals surface area contributed by atoms with Crippen molar-refractivity contribution in [2.24, 2.45) is 0 Å². The van der Waals surface area contributed by atoms with Gasteiger partial charge in [0.15, 0.2) is 0 Å². The fraction of sp³-hybridized carbons (Fsp3) is 0.529. The van der Waals surface area contributed by atoms with Crippen molar-refractivity contribution in [3.8, 4) is 5.75 Å². The number of piperazine rings is 1. The molecule has 0 N–H and O–H groups in total. The van der Waals surface area contributed by atoms with E-state index in [4.69, 9.17) is 4.74 Å². The van der Waals surface area contributed by atoms with E-state index >= 15 is 0 Å². The Morgan fingerprint density at radius 2 is 1.50 bits per heavy atom. The van der Waals surface area contributed by atoms with Crippen LogP contribution in [0.4, 0.5) is 0 Å². The molecule has 120 valence electrons. The largest absolute Gasteiger partial charge is 0.494 e. The molecular formula is C17H24N2O3. The molecule has 0 radical (unpaired) electrons. The Hall–Kier alpha value is -2.04. The van der Waals surface area contributed by atoms with Gasteiger partial charge in [0, 0.05) is 32.6 Å². The lowest BCUT2D eigenvalue weighted by atomic mass is 10.1. The van der Waals surface area contributed by atoms with Gasteiger partial charge in [0.2, 0.25) is 11.8 Å². The zero-order valence-corrected chi connectivity index (χ0v) is 13.4. The van der Waals surface area contributed by atoms with Crippen LogP contribution in [-0.4, -0.2) is 54.4 Å². The Balaban J connectivity index is 1.84. The second-order valence-corrected chi connectivity index (χ2v) is 5.37. The molecule has 0 bridgehead atoms. The summed E-state index contributed by atoms with van der Waals surface area (Å²) < 4.78 is 5.39. The maximum absolute atomic E-state index is 12.3. The normalized spacial score (nSPS) is 14.8. The summed E-state index contributed by atoms with van der Waals surface area (Å²) in [6.07, 6.45) is 0.925. The van der Waals surface area contributed by atoms with Crippen molar-refractivity contribution >= 4 is 11.8 Å². The molecule has 2 amide bonds. The Morgan fingerprint density at radius 1 is 0.955 bits per heavy atom. The first kappa shape index (κ1) is 16.3. The molecule has 1 aliphatic rings. The SMILES string of the molecule is CCOc1ccc(CC(=O)N2CCN(C(=O)CC)CC2)cc1. The van der Waals surface area contributed by atoms with E-state index in [-0.39, 0.29) is 11.8 Å². The van der Waals surface area contributed by atoms with Gasteiger partial charge in [-0.1, -0.05) is 19.1 Å². The molecule has 1 aromatic carbocycles. The van der Waals surface area contributed by atoms with Gasteiger partial charge < -0.3 is 14.5 Å². The molecule has 2 rings (SSSR count). The predicted octanol–water partition coefficient (Wildman–Crippen LogP) is 1.71. The summed E-state index contributed by atoms with van der Waals surface area (Å²) in [7, 11) is 0. The Kier molecular flexibility index (Phi) is 5.81. The zero-order valence-electron chi connectivity index (χ0n) is 13.4. The lowest BCUT2D eigenvalue weighted by Crippen LogP contribution is -2.50. The average molecular weight is 304 g/mol. The molecule has 5 heteroatoms. The third-order valence-corrected chi connectivity index (χ3v) is 3.88. The lowest BCUT2D eigenvalue weighted by molar-refractivity contribution is -0.139. The molecular weight excluding hydrogens is 280 g/mol. The van der Waals surface area contributed by atoms with E-state index < -0.39 is 0 Å². The van der Waals surface area contributed by atoms with Gasteiger partial charge in [-0.05, 0) is 24.6 Å². The van der Waals surface area contributed by atoms with Gasteiger partial charge >= 0.3 is 0 Å². The molecule has 0 atom stereocenters. The maximum atomic E-state index is 12.3. The highest BCUT2D eigenvalue weighted by atomic mass is 16.5. The topological polar surface area (TPSA) is 49.9 Å². The molecule has 22 heavy (non-hydrogen) atoms. The van der Waals surface area contributed by atoms with Crippen molar-refractivity contribution in [2.45, 2.75) is 26.7 Å². The van der Waals surface area contributed by atoms with E-state index in [1.807, 2.05) is 47.9 Å². The average Bonchev–Trinajstić information content (AvgIpc) is 2.56. The molecule has 0 saturated carbocycles. The van der Waals surface area contributed by atoms with Gasteiger partial charge in [-0.15, -0.1) is 0 Å². The van der Waals surface area contributed by atoms with Crippen LogP contribution in [0.2, 0.25) is 0 Å². The predicted molar refractivity (Wildman–Crippen MR) is 84.8 cm³/mol. The van der Waals surface area contributed by atoms with Crippen molar-refractivity contribution < 1.29 is 14.3 Å². The summed E-state index contributed by atoms with van der Waals surface area (Å²) >= 11 is 0. The number of hydrogen-bond acceptors (Lipinski definition) is 3. The van der Waals surface area contributed by atoms with E-state index in [0.717, 1.165) is 11.3 Å². The molecule has 1 saturated heterocycles. The van der Waals surface area contributed by atoms with Crippen molar-refractivity contribution in [2.75, 3.05) is 32.8 Å². The van der Waals surface area contributed by atoms with E-state index in [1.54, 1.807) is 0 Å². The number of amides is 2. The summed E-state index contributed by atoms with van der Waals surface area (Å²) in [5.41, 5.74) is 0.987. The van der Waals surface area contributed by atoms with Crippen LogP contribution in [0.25, 0.3) is 0 Å². The number of ether oxygens (including phenoxy) is 1. The maximum Gasteiger partial charge on any atom is 0.227 e. The molecule has 1 heterocycles. The molecule has 0 unspecified atom stereocenters. The highest BCUT2D eigenvalue weighted by Gasteiger charge is 2.23. The fourth-order valence-electron chi connectivity index (χ4n) is 2.59. The molecule has 1 fully saturated rings. The summed E-state index contributed by atoms with van der Waals surface area (Å²) in [4.78, 5) is 27.6. The minimum atomic E-state index is 0.118. The minimum absolute atomic E-state index is 0.118. The minimum Gasteiger partial charge on any atom is -0.494 e. The Labute approximate surface area is 131 Å². The van der Waals surface area contributed by atoms with E-state index in [1.165, 1.54) is 0 Å². The van der Waals surface area contributed by atoms with Crippen LogP contribution >= 0.6 is 0 Å². The van der Waals surface area contributed by atoms with E-state index in [2.05, 4.69) is 0 Å². The standard InChI is InChI=1S/C17H24N2O3/c1-3-16(20)18-9-11-19(12-10-18)17(21)13-14-5-7-15(8-6-14)22-4-2/h5-8H,3-4,9-13H2,1-2H3. The van der Waals surface area contributed by atoms with Crippen LogP contribution in [0, 0.1) is 0 Å². The second-order valence-electron chi connectivity index (χ2n) is 5.37. The van der Waals surface area contributed by atoms with Crippen LogP contribution < -0.4 is 4.74 Å². The van der Waals surface area contributed by atoms with Crippen LogP contribution in [-0.2, 0) is 16.0 Å². The quantitative estimate of drug-likeness (QED) is 0.832. The number of rotatable bonds is 5. The highest BCUT2D eigenvalue weighted by Crippen LogP contribution is 2.14. The van der Waals surface area contributed by atoms with Gasteiger partial charge in [-0.2, -0.15) is 0 Å². The number of nitrogens with zero attached hydrogens (tertiary/aromatic N) is 2. The van der Waals surface area contributed by atoms with Gasteiger partial charge in [-0.25, -0.2) is 0 Å². The first-order valence-corrected chi connectivity index (χ1v) is 7.91. The fourth-order valence-corrected chi connectivity index (χ4v) is 2.59. The first-order chi connectivity index (χ1) is 10.6. The molecule has 1 aromatic rings. The van der Waals surface area contributed by atoms with Gasteiger partial charge in [-0.3, -0.25) is 9.59 Å².